The molecule has 1 aromatic heterocycles. The standard InChI is InChI=1S/C21H23NO3S2/c1-14(2)17-8-7-15(21(17)11-9-16(23)10-12-21)13-27(24,25)20-22-18-5-3-4-6-19(18)26-20/h3-6,8-9,11,14-15H,7,10,12-13H2,1-2H3/t15-,21+/m1/s1. The normalized spacial score (nSPS) is 25.7. The number of sulfone groups is 1. The maximum absolute atomic E-state index is 13.2. The highest BCUT2D eigenvalue weighted by atomic mass is 32.2. The van der Waals surface area contributed by atoms with Crippen molar-refractivity contribution in [2.24, 2.45) is 17.3 Å². The van der Waals surface area contributed by atoms with Gasteiger partial charge in [-0.05, 0) is 42.9 Å². The lowest BCUT2D eigenvalue weighted by atomic mass is 9.66. The number of hydrogen-bond donors (Lipinski definition) is 0. The molecule has 0 aliphatic heterocycles. The van der Waals surface area contributed by atoms with E-state index in [4.69, 9.17) is 0 Å². The molecule has 0 radical (unpaired) electrons. The highest BCUT2D eigenvalue weighted by Gasteiger charge is 2.47. The van der Waals surface area contributed by atoms with Gasteiger partial charge in [-0.25, -0.2) is 13.4 Å². The summed E-state index contributed by atoms with van der Waals surface area (Å²) in [5.41, 5.74) is 1.69. The SMILES string of the molecule is CC(C)C1=CC[C@H](CS(=O)(=O)c2nc3ccccc3s2)[C@@]12C=CC(=O)CC2. The number of ketones is 1. The Balaban J connectivity index is 1.68. The Bertz CT molecular complexity index is 1030. The Labute approximate surface area is 163 Å². The average molecular weight is 402 g/mol. The zero-order valence-electron chi connectivity index (χ0n) is 15.5. The molecule has 0 amide bonds. The van der Waals surface area contributed by atoms with Crippen molar-refractivity contribution in [2.45, 2.75) is 37.4 Å². The summed E-state index contributed by atoms with van der Waals surface area (Å²) in [5, 5.41) is 0. The van der Waals surface area contributed by atoms with E-state index in [9.17, 15) is 13.2 Å². The number of para-hydroxylation sites is 1. The van der Waals surface area contributed by atoms with Gasteiger partial charge < -0.3 is 0 Å². The first kappa shape index (κ1) is 18.6. The summed E-state index contributed by atoms with van der Waals surface area (Å²) in [6.07, 6.45) is 7.75. The van der Waals surface area contributed by atoms with Gasteiger partial charge in [0.2, 0.25) is 14.2 Å². The fraction of sp³-hybridized carbons (Fsp3) is 0.429. The van der Waals surface area contributed by atoms with Crippen LogP contribution in [-0.2, 0) is 14.6 Å². The Morgan fingerprint density at radius 3 is 2.74 bits per heavy atom. The third-order valence-corrected chi connectivity index (χ3v) is 9.13. The third-order valence-electron chi connectivity index (χ3n) is 5.82. The molecular formula is C21H23NO3S2. The number of carbonyl (C=O) groups excluding carboxylic acids is 1. The van der Waals surface area contributed by atoms with E-state index < -0.39 is 9.84 Å². The predicted molar refractivity (Wildman–Crippen MR) is 109 cm³/mol. The molecule has 4 rings (SSSR count). The first-order valence-electron chi connectivity index (χ1n) is 9.33. The van der Waals surface area contributed by atoms with Gasteiger partial charge in [0.05, 0.1) is 16.0 Å². The molecule has 0 fully saturated rings. The van der Waals surface area contributed by atoms with Crippen molar-refractivity contribution in [2.75, 3.05) is 5.75 Å². The molecule has 1 heterocycles. The van der Waals surface area contributed by atoms with Gasteiger partial charge in [0, 0.05) is 11.8 Å². The van der Waals surface area contributed by atoms with E-state index in [2.05, 4.69) is 24.9 Å². The van der Waals surface area contributed by atoms with Crippen LogP contribution >= 0.6 is 11.3 Å². The molecule has 2 aliphatic carbocycles. The van der Waals surface area contributed by atoms with Crippen molar-refractivity contribution < 1.29 is 13.2 Å². The molecule has 27 heavy (non-hydrogen) atoms. The van der Waals surface area contributed by atoms with Crippen molar-refractivity contribution in [3.8, 4) is 0 Å². The molecule has 2 aliphatic rings. The van der Waals surface area contributed by atoms with Crippen LogP contribution in [0.3, 0.4) is 0 Å². The topological polar surface area (TPSA) is 64.1 Å². The molecule has 1 aromatic carbocycles. The number of benzene rings is 1. The summed E-state index contributed by atoms with van der Waals surface area (Å²) in [6.45, 7) is 4.28. The summed E-state index contributed by atoms with van der Waals surface area (Å²) in [6, 6.07) is 7.51. The van der Waals surface area contributed by atoms with Crippen LogP contribution in [0.2, 0.25) is 0 Å². The van der Waals surface area contributed by atoms with E-state index in [1.165, 1.54) is 16.9 Å². The molecule has 6 heteroatoms. The van der Waals surface area contributed by atoms with Gasteiger partial charge in [-0.1, -0.05) is 43.7 Å². The minimum atomic E-state index is -3.49. The summed E-state index contributed by atoms with van der Waals surface area (Å²) in [5.74, 6) is 0.482. The Hall–Kier alpha value is -1.79. The molecule has 0 saturated heterocycles. The number of nitrogens with zero attached hydrogens (tertiary/aromatic N) is 1. The molecular weight excluding hydrogens is 378 g/mol. The predicted octanol–water partition coefficient (Wildman–Crippen LogP) is 4.58. The highest BCUT2D eigenvalue weighted by molar-refractivity contribution is 7.93. The van der Waals surface area contributed by atoms with Crippen molar-refractivity contribution in [1.82, 2.24) is 4.98 Å². The van der Waals surface area contributed by atoms with Crippen LogP contribution in [-0.4, -0.2) is 24.9 Å². The lowest BCUT2D eigenvalue weighted by Gasteiger charge is -2.39. The lowest BCUT2D eigenvalue weighted by molar-refractivity contribution is -0.115. The molecule has 0 saturated carbocycles. The van der Waals surface area contributed by atoms with Crippen molar-refractivity contribution in [3.63, 3.8) is 0 Å². The van der Waals surface area contributed by atoms with Gasteiger partial charge in [-0.3, -0.25) is 4.79 Å². The fourth-order valence-electron chi connectivity index (χ4n) is 4.53. The van der Waals surface area contributed by atoms with Crippen molar-refractivity contribution >= 4 is 37.2 Å². The van der Waals surface area contributed by atoms with E-state index >= 15 is 0 Å². The van der Waals surface area contributed by atoms with Crippen LogP contribution in [0.4, 0.5) is 0 Å². The molecule has 0 bridgehead atoms. The first-order chi connectivity index (χ1) is 12.8. The fourth-order valence-corrected chi connectivity index (χ4v) is 7.56. The van der Waals surface area contributed by atoms with Gasteiger partial charge in [-0.2, -0.15) is 0 Å². The van der Waals surface area contributed by atoms with Crippen LogP contribution < -0.4 is 0 Å². The quantitative estimate of drug-likeness (QED) is 0.704. The summed E-state index contributed by atoms with van der Waals surface area (Å²) in [7, 11) is -3.49. The summed E-state index contributed by atoms with van der Waals surface area (Å²) < 4.78 is 27.4. The van der Waals surface area contributed by atoms with Crippen LogP contribution in [0.1, 0.15) is 33.1 Å². The molecule has 0 N–H and O–H groups in total. The molecule has 4 nitrogen and oxygen atoms in total. The largest absolute Gasteiger partial charge is 0.295 e. The molecule has 1 spiro atoms. The molecule has 2 aromatic rings. The molecule has 0 unspecified atom stereocenters. The van der Waals surface area contributed by atoms with E-state index in [-0.39, 0.29) is 27.2 Å². The number of thiazole rings is 1. The van der Waals surface area contributed by atoms with Crippen LogP contribution in [0.15, 0.2) is 52.4 Å². The third kappa shape index (κ3) is 3.19. The smallest absolute Gasteiger partial charge is 0.210 e. The lowest BCUT2D eigenvalue weighted by Crippen LogP contribution is -2.35. The van der Waals surface area contributed by atoms with Gasteiger partial charge >= 0.3 is 0 Å². The Kier molecular flexibility index (Phi) is 4.59. The van der Waals surface area contributed by atoms with Crippen LogP contribution in [0.5, 0.6) is 0 Å². The van der Waals surface area contributed by atoms with E-state index in [1.54, 1.807) is 6.08 Å². The second-order valence-electron chi connectivity index (χ2n) is 7.82. The van der Waals surface area contributed by atoms with Gasteiger partial charge in [0.25, 0.3) is 0 Å². The van der Waals surface area contributed by atoms with E-state index in [0.717, 1.165) is 16.6 Å². The van der Waals surface area contributed by atoms with Crippen LogP contribution in [0.25, 0.3) is 10.2 Å². The molecule has 142 valence electrons. The minimum Gasteiger partial charge on any atom is -0.295 e. The average Bonchev–Trinajstić information content (AvgIpc) is 3.20. The number of allylic oxidation sites excluding steroid dienone is 4. The maximum Gasteiger partial charge on any atom is 0.210 e. The van der Waals surface area contributed by atoms with Crippen molar-refractivity contribution in [1.29, 1.82) is 0 Å². The van der Waals surface area contributed by atoms with E-state index in [1.807, 2.05) is 30.3 Å². The second kappa shape index (κ2) is 6.67. The number of rotatable bonds is 4. The number of carbonyl (C=O) groups is 1. The van der Waals surface area contributed by atoms with E-state index in [0.29, 0.717) is 18.8 Å². The monoisotopic (exact) mass is 401 g/mol. The van der Waals surface area contributed by atoms with Gasteiger partial charge in [-0.15, -0.1) is 11.3 Å². The van der Waals surface area contributed by atoms with Crippen molar-refractivity contribution in [3.05, 3.63) is 48.1 Å². The van der Waals surface area contributed by atoms with Gasteiger partial charge in [0.1, 0.15) is 0 Å². The number of hydrogen-bond acceptors (Lipinski definition) is 5. The number of aromatic nitrogens is 1. The second-order valence-corrected chi connectivity index (χ2v) is 11.1. The zero-order chi connectivity index (χ0) is 19.2. The first-order valence-corrected chi connectivity index (χ1v) is 11.8. The summed E-state index contributed by atoms with van der Waals surface area (Å²) in [4.78, 5) is 16.1. The van der Waals surface area contributed by atoms with Crippen LogP contribution in [0, 0.1) is 17.3 Å². The Morgan fingerprint density at radius 1 is 1.30 bits per heavy atom. The number of fused-ring (bicyclic) bond motifs is 1. The maximum atomic E-state index is 13.2. The Morgan fingerprint density at radius 2 is 2.07 bits per heavy atom. The summed E-state index contributed by atoms with van der Waals surface area (Å²) >= 11 is 1.24. The molecule has 2 atom stereocenters. The zero-order valence-corrected chi connectivity index (χ0v) is 17.1. The van der Waals surface area contributed by atoms with Gasteiger partial charge in [0.15, 0.2) is 5.78 Å². The minimum absolute atomic E-state index is 0.0451. The highest BCUT2D eigenvalue weighted by Crippen LogP contribution is 2.53.